The van der Waals surface area contributed by atoms with E-state index in [1.807, 2.05) is 13.8 Å². The Balaban J connectivity index is 2.70. The monoisotopic (exact) mass is 266 g/mol. The van der Waals surface area contributed by atoms with E-state index in [1.165, 1.54) is 6.07 Å². The summed E-state index contributed by atoms with van der Waals surface area (Å²) in [5, 5.41) is 9.08. The van der Waals surface area contributed by atoms with E-state index in [9.17, 15) is 9.18 Å². The molecule has 0 aliphatic heterocycles. The van der Waals surface area contributed by atoms with Gasteiger partial charge in [0.25, 0.3) is 0 Å². The molecule has 0 radical (unpaired) electrons. The summed E-state index contributed by atoms with van der Waals surface area (Å²) in [6, 6.07) is 2.19. The zero-order chi connectivity index (χ0) is 14.2. The van der Waals surface area contributed by atoms with E-state index in [-0.39, 0.29) is 11.1 Å². The van der Waals surface area contributed by atoms with E-state index in [2.05, 4.69) is 9.97 Å². The van der Waals surface area contributed by atoms with Gasteiger partial charge in [0.05, 0.1) is 11.1 Å². The molecule has 0 aliphatic rings. The molecule has 0 spiro atoms. The number of nitrogens with one attached hydrogen (secondary N) is 1. The maximum absolute atomic E-state index is 13.4. The zero-order valence-electron chi connectivity index (χ0n) is 11.0. The van der Waals surface area contributed by atoms with Crippen LogP contribution in [0, 0.1) is 5.82 Å². The number of hydrogen-bond acceptors (Lipinski definition) is 3. The largest absolute Gasteiger partial charge is 0.478 e. The first-order valence-corrected chi connectivity index (χ1v) is 5.89. The number of ether oxygens (including phenoxy) is 1. The lowest BCUT2D eigenvalue weighted by Crippen LogP contribution is -2.24. The lowest BCUT2D eigenvalue weighted by atomic mass is 10.0. The standard InChI is InChI=1S/C13H15FN2O3/c1-4-13(2,19-3)12-15-9-6-7(14)5-8(11(17)18)10(9)16-12/h5-6H,4H2,1-3H3,(H,15,16)(H,17,18). The predicted octanol–water partition coefficient (Wildman–Crippen LogP) is 2.67. The molecule has 0 fully saturated rings. The number of imidazole rings is 1. The van der Waals surface area contributed by atoms with Crippen LogP contribution < -0.4 is 0 Å². The minimum absolute atomic E-state index is 0.160. The lowest BCUT2D eigenvalue weighted by molar-refractivity contribution is -0.00804. The van der Waals surface area contributed by atoms with Crippen LogP contribution in [0.1, 0.15) is 36.5 Å². The maximum Gasteiger partial charge on any atom is 0.338 e. The van der Waals surface area contributed by atoms with Gasteiger partial charge in [0, 0.05) is 7.11 Å². The molecule has 1 aromatic carbocycles. The van der Waals surface area contributed by atoms with Gasteiger partial charge in [-0.25, -0.2) is 14.2 Å². The summed E-state index contributed by atoms with van der Waals surface area (Å²) in [7, 11) is 1.55. The van der Waals surface area contributed by atoms with E-state index >= 15 is 0 Å². The van der Waals surface area contributed by atoms with Crippen LogP contribution in [-0.2, 0) is 10.3 Å². The molecule has 2 aromatic rings. The number of halogens is 1. The Morgan fingerprint density at radius 3 is 2.79 bits per heavy atom. The Bertz CT molecular complexity index is 632. The number of nitrogens with zero attached hydrogens (tertiary/aromatic N) is 1. The molecule has 2 N–H and O–H groups in total. The van der Waals surface area contributed by atoms with E-state index in [0.29, 0.717) is 17.8 Å². The second-order valence-electron chi connectivity index (χ2n) is 4.53. The number of carboxylic acids is 1. The molecule has 2 rings (SSSR count). The highest BCUT2D eigenvalue weighted by Gasteiger charge is 2.28. The minimum atomic E-state index is -1.21. The summed E-state index contributed by atoms with van der Waals surface area (Å²) in [5.74, 6) is -1.34. The van der Waals surface area contributed by atoms with Crippen LogP contribution in [0.2, 0.25) is 0 Å². The third-order valence-electron chi connectivity index (χ3n) is 3.41. The second kappa shape index (κ2) is 4.62. The number of carbonyl (C=O) groups is 1. The third-order valence-corrected chi connectivity index (χ3v) is 3.41. The SMILES string of the molecule is CCC(C)(OC)c1nc2c(C(=O)O)cc(F)cc2[nH]1. The molecular formula is C13H15FN2O3. The molecule has 6 heteroatoms. The first-order chi connectivity index (χ1) is 8.91. The Labute approximate surface area is 109 Å². The van der Waals surface area contributed by atoms with Gasteiger partial charge in [-0.3, -0.25) is 0 Å². The number of aromatic carboxylic acids is 1. The Kier molecular flexibility index (Phi) is 3.28. The minimum Gasteiger partial charge on any atom is -0.478 e. The Morgan fingerprint density at radius 2 is 2.26 bits per heavy atom. The lowest BCUT2D eigenvalue weighted by Gasteiger charge is -2.23. The van der Waals surface area contributed by atoms with E-state index in [4.69, 9.17) is 9.84 Å². The van der Waals surface area contributed by atoms with Crippen LogP contribution in [0.3, 0.4) is 0 Å². The average molecular weight is 266 g/mol. The van der Waals surface area contributed by atoms with E-state index in [1.54, 1.807) is 7.11 Å². The number of aromatic amines is 1. The van der Waals surface area contributed by atoms with Crippen molar-refractivity contribution in [3.8, 4) is 0 Å². The van der Waals surface area contributed by atoms with Crippen molar-refractivity contribution >= 4 is 17.0 Å². The summed E-state index contributed by atoms with van der Waals surface area (Å²) < 4.78 is 18.8. The number of carboxylic acid groups (broad SMARTS) is 1. The summed E-state index contributed by atoms with van der Waals surface area (Å²) >= 11 is 0. The molecule has 0 saturated carbocycles. The number of aromatic nitrogens is 2. The van der Waals surface area contributed by atoms with Gasteiger partial charge in [-0.05, 0) is 25.5 Å². The first-order valence-electron chi connectivity index (χ1n) is 5.89. The molecule has 0 saturated heterocycles. The molecule has 102 valence electrons. The predicted molar refractivity (Wildman–Crippen MR) is 67.7 cm³/mol. The van der Waals surface area contributed by atoms with Crippen molar-refractivity contribution in [3.05, 3.63) is 29.3 Å². The molecule has 1 unspecified atom stereocenters. The second-order valence-corrected chi connectivity index (χ2v) is 4.53. The fourth-order valence-corrected chi connectivity index (χ4v) is 1.90. The number of hydrogen-bond donors (Lipinski definition) is 2. The molecule has 0 amide bonds. The number of fused-ring (bicyclic) bond motifs is 1. The Hall–Kier alpha value is -1.95. The summed E-state index contributed by atoms with van der Waals surface area (Å²) in [4.78, 5) is 18.3. The highest BCUT2D eigenvalue weighted by atomic mass is 19.1. The van der Waals surface area contributed by atoms with Crippen LogP contribution in [0.4, 0.5) is 4.39 Å². The zero-order valence-corrected chi connectivity index (χ0v) is 11.0. The van der Waals surface area contributed by atoms with Crippen molar-refractivity contribution in [1.29, 1.82) is 0 Å². The summed E-state index contributed by atoms with van der Waals surface area (Å²) in [6.07, 6.45) is 0.647. The van der Waals surface area contributed by atoms with Crippen LogP contribution in [0.15, 0.2) is 12.1 Å². The normalized spacial score (nSPS) is 14.5. The van der Waals surface area contributed by atoms with Crippen molar-refractivity contribution in [1.82, 2.24) is 9.97 Å². The van der Waals surface area contributed by atoms with Gasteiger partial charge in [-0.15, -0.1) is 0 Å². The molecule has 1 aromatic heterocycles. The molecule has 19 heavy (non-hydrogen) atoms. The topological polar surface area (TPSA) is 75.2 Å². The molecule has 1 heterocycles. The maximum atomic E-state index is 13.4. The molecule has 1 atom stereocenters. The first kappa shape index (κ1) is 13.5. The van der Waals surface area contributed by atoms with Crippen LogP contribution >= 0.6 is 0 Å². The molecule has 0 bridgehead atoms. The number of benzene rings is 1. The van der Waals surface area contributed by atoms with Crippen molar-refractivity contribution in [2.24, 2.45) is 0 Å². The smallest absolute Gasteiger partial charge is 0.338 e. The van der Waals surface area contributed by atoms with Crippen molar-refractivity contribution in [3.63, 3.8) is 0 Å². The average Bonchev–Trinajstić information content (AvgIpc) is 2.80. The Morgan fingerprint density at radius 1 is 1.58 bits per heavy atom. The van der Waals surface area contributed by atoms with Crippen LogP contribution in [-0.4, -0.2) is 28.2 Å². The van der Waals surface area contributed by atoms with Crippen LogP contribution in [0.25, 0.3) is 11.0 Å². The number of H-pyrrole nitrogens is 1. The highest BCUT2D eigenvalue weighted by molar-refractivity contribution is 6.01. The van der Waals surface area contributed by atoms with Crippen molar-refractivity contribution in [2.45, 2.75) is 25.9 Å². The van der Waals surface area contributed by atoms with Gasteiger partial charge in [0.2, 0.25) is 0 Å². The van der Waals surface area contributed by atoms with Gasteiger partial charge < -0.3 is 14.8 Å². The summed E-state index contributed by atoms with van der Waals surface area (Å²) in [6.45, 7) is 3.76. The molecular weight excluding hydrogens is 251 g/mol. The van der Waals surface area contributed by atoms with Crippen molar-refractivity contribution < 1.29 is 19.0 Å². The van der Waals surface area contributed by atoms with E-state index < -0.39 is 17.4 Å². The van der Waals surface area contributed by atoms with E-state index in [0.717, 1.165) is 6.07 Å². The molecule has 5 nitrogen and oxygen atoms in total. The van der Waals surface area contributed by atoms with Crippen molar-refractivity contribution in [2.75, 3.05) is 7.11 Å². The van der Waals surface area contributed by atoms with Gasteiger partial charge in [-0.2, -0.15) is 0 Å². The summed E-state index contributed by atoms with van der Waals surface area (Å²) in [5.41, 5.74) is -0.234. The number of methoxy groups -OCH3 is 1. The molecule has 0 aliphatic carbocycles. The van der Waals surface area contributed by atoms with Gasteiger partial charge in [-0.1, -0.05) is 6.92 Å². The fraction of sp³-hybridized carbons (Fsp3) is 0.385. The van der Waals surface area contributed by atoms with Gasteiger partial charge in [0.1, 0.15) is 22.8 Å². The fourth-order valence-electron chi connectivity index (χ4n) is 1.90. The van der Waals surface area contributed by atoms with Gasteiger partial charge in [0.15, 0.2) is 0 Å². The van der Waals surface area contributed by atoms with Gasteiger partial charge >= 0.3 is 5.97 Å². The quantitative estimate of drug-likeness (QED) is 0.892. The highest BCUT2D eigenvalue weighted by Crippen LogP contribution is 2.29. The number of rotatable bonds is 4. The van der Waals surface area contributed by atoms with Crippen LogP contribution in [0.5, 0.6) is 0 Å². The third kappa shape index (κ3) is 2.19.